The highest BCUT2D eigenvalue weighted by atomic mass is 32.2. The van der Waals surface area contributed by atoms with Crippen molar-refractivity contribution in [3.8, 4) is 0 Å². The number of fused-ring (bicyclic) bond motifs is 2. The number of hydrogen-bond acceptors (Lipinski definition) is 12. The second kappa shape index (κ2) is 20.5. The molecule has 4 aromatic carbocycles. The van der Waals surface area contributed by atoms with E-state index in [1.807, 2.05) is 48.5 Å². The molecule has 0 radical (unpaired) electrons. The van der Waals surface area contributed by atoms with Gasteiger partial charge in [-0.3, -0.25) is 9.11 Å². The van der Waals surface area contributed by atoms with Crippen LogP contribution in [0.25, 0.3) is 16.3 Å². The molecule has 13 nitrogen and oxygen atoms in total. The molecule has 1 aliphatic heterocycles. The Morgan fingerprint density at radius 2 is 1.36 bits per heavy atom. The molecular formula is C47H48N3O10S4+. The third kappa shape index (κ3) is 11.4. The van der Waals surface area contributed by atoms with Crippen molar-refractivity contribution in [1.29, 1.82) is 0 Å². The van der Waals surface area contributed by atoms with Crippen LogP contribution in [0.5, 0.6) is 0 Å². The topological polar surface area (TPSA) is 172 Å². The minimum Gasteiger partial charge on any atom is -0.465 e. The number of thiazole rings is 1. The number of methoxy groups -OCH3 is 2. The Kier molecular flexibility index (Phi) is 14.9. The van der Waals surface area contributed by atoms with Crippen LogP contribution < -0.4 is 14.4 Å². The number of rotatable bonds is 18. The number of para-hydroxylation sites is 2. The quantitative estimate of drug-likeness (QED) is 0.0369. The van der Waals surface area contributed by atoms with Gasteiger partial charge in [0.25, 0.3) is 25.2 Å². The van der Waals surface area contributed by atoms with Gasteiger partial charge in [0.05, 0.1) is 53.3 Å². The maximum atomic E-state index is 12.6. The number of carbonyl (C=O) groups is 2. The maximum absolute atomic E-state index is 12.6. The summed E-state index contributed by atoms with van der Waals surface area (Å²) in [6.45, 7) is 0.885. The monoisotopic (exact) mass is 942 g/mol. The van der Waals surface area contributed by atoms with Gasteiger partial charge in [0.1, 0.15) is 4.70 Å². The summed E-state index contributed by atoms with van der Waals surface area (Å²) in [5, 5.41) is 1.77. The number of allylic oxidation sites excluding steroid dienone is 5. The smallest absolute Gasteiger partial charge is 0.338 e. The van der Waals surface area contributed by atoms with Gasteiger partial charge in [0.15, 0.2) is 6.54 Å². The number of hydrogen-bond donors (Lipinski definition) is 2. The molecule has 0 amide bonds. The van der Waals surface area contributed by atoms with Gasteiger partial charge in [0.2, 0.25) is 5.52 Å². The predicted molar refractivity (Wildman–Crippen MR) is 252 cm³/mol. The molecular weight excluding hydrogens is 895 g/mol. The van der Waals surface area contributed by atoms with Gasteiger partial charge >= 0.3 is 11.9 Å². The molecule has 0 spiro atoms. The molecule has 0 saturated carbocycles. The number of unbranched alkanes of at least 4 members (excludes halogenated alkanes) is 2. The highest BCUT2D eigenvalue weighted by Crippen LogP contribution is 2.48. The zero-order valence-electron chi connectivity index (χ0n) is 35.3. The molecule has 0 saturated heterocycles. The van der Waals surface area contributed by atoms with Gasteiger partial charge in [-0.25, -0.2) is 9.59 Å². The first-order valence-corrected chi connectivity index (χ1v) is 25.4. The van der Waals surface area contributed by atoms with Gasteiger partial charge in [-0.05, 0) is 110 Å². The van der Waals surface area contributed by atoms with E-state index in [0.29, 0.717) is 49.9 Å². The van der Waals surface area contributed by atoms with Gasteiger partial charge < -0.3 is 19.3 Å². The van der Waals surface area contributed by atoms with Crippen LogP contribution in [-0.2, 0) is 36.3 Å². The Hall–Kier alpha value is -5.56. The van der Waals surface area contributed by atoms with E-state index in [4.69, 9.17) is 9.47 Å². The fraction of sp³-hybridized carbons (Fsp3) is 0.255. The number of esters is 2. The summed E-state index contributed by atoms with van der Waals surface area (Å²) in [4.78, 5) is 30.4. The van der Waals surface area contributed by atoms with E-state index in [1.54, 1.807) is 47.4 Å². The number of nitrogens with zero attached hydrogens (tertiary/aromatic N) is 3. The largest absolute Gasteiger partial charge is 0.465 e. The lowest BCUT2D eigenvalue weighted by Gasteiger charge is -2.28. The van der Waals surface area contributed by atoms with Crippen molar-refractivity contribution in [2.24, 2.45) is 0 Å². The summed E-state index contributed by atoms with van der Waals surface area (Å²) < 4.78 is 77.9. The molecule has 0 bridgehead atoms. The summed E-state index contributed by atoms with van der Waals surface area (Å²) >= 11 is 3.10. The lowest BCUT2D eigenvalue weighted by Crippen LogP contribution is -2.35. The molecule has 0 unspecified atom stereocenters. The second-order valence-electron chi connectivity index (χ2n) is 15.1. The van der Waals surface area contributed by atoms with Crippen molar-refractivity contribution < 1.29 is 49.6 Å². The lowest BCUT2D eigenvalue weighted by molar-refractivity contribution is -0.669. The van der Waals surface area contributed by atoms with Crippen LogP contribution in [0.1, 0.15) is 64.2 Å². The summed E-state index contributed by atoms with van der Waals surface area (Å²) in [7, 11) is -5.58. The molecule has 1 aromatic heterocycles. The molecule has 64 heavy (non-hydrogen) atoms. The highest BCUT2D eigenvalue weighted by Gasteiger charge is 2.29. The summed E-state index contributed by atoms with van der Waals surface area (Å²) in [5.74, 6) is -1.64. The van der Waals surface area contributed by atoms with Crippen molar-refractivity contribution in [2.75, 3.05) is 42.1 Å². The van der Waals surface area contributed by atoms with Crippen LogP contribution >= 0.6 is 23.1 Å². The number of ether oxygens (including phenoxy) is 2. The average molecular weight is 943 g/mol. The van der Waals surface area contributed by atoms with E-state index in [-0.39, 0.29) is 24.3 Å². The zero-order valence-corrected chi connectivity index (χ0v) is 38.5. The van der Waals surface area contributed by atoms with Crippen molar-refractivity contribution in [2.45, 2.75) is 50.0 Å². The van der Waals surface area contributed by atoms with E-state index < -0.39 is 32.2 Å². The number of anilines is 3. The van der Waals surface area contributed by atoms with E-state index in [1.165, 1.54) is 14.2 Å². The van der Waals surface area contributed by atoms with E-state index in [0.717, 1.165) is 59.1 Å². The van der Waals surface area contributed by atoms with Crippen molar-refractivity contribution >= 4 is 88.6 Å². The Morgan fingerprint density at radius 1 is 0.750 bits per heavy atom. The number of aromatic nitrogens is 1. The van der Waals surface area contributed by atoms with E-state index >= 15 is 0 Å². The molecule has 2 N–H and O–H groups in total. The average Bonchev–Trinajstić information content (AvgIpc) is 3.96. The standard InChI is InChI=1S/C47H47N3O10S4/c1-59-46(51)35-19-23-41-39(31-35)48(27-9-11-29-63(53,54)55)43(61-41)25-21-33-17-18-34(45(33)50(37-13-5-3-6-14-37)38-15-7-4-8-16-38)22-26-44-49(28-10-12-30-64(56,57)58)40-32-36(47(52)60-2)20-24-42(40)62-44/h3-8,13-16,19-26,31-32H,9-12,17-18,27-30H2,1-2H3,(H-,53,54,55,56,57,58)/p+1. The second-order valence-corrected chi connectivity index (χ2v) is 20.4. The number of aryl methyl sites for hydroxylation is 1. The molecule has 0 fully saturated rings. The molecule has 334 valence electrons. The van der Waals surface area contributed by atoms with Crippen LogP contribution in [0.2, 0.25) is 0 Å². The van der Waals surface area contributed by atoms with Crippen molar-refractivity contribution in [3.63, 3.8) is 0 Å². The highest BCUT2D eigenvalue weighted by molar-refractivity contribution is 8.03. The van der Waals surface area contributed by atoms with Crippen LogP contribution in [0, 0.1) is 0 Å². The molecule has 2 heterocycles. The molecule has 1 aliphatic carbocycles. The van der Waals surface area contributed by atoms with Crippen LogP contribution in [0.3, 0.4) is 0 Å². The first-order valence-electron chi connectivity index (χ1n) is 20.6. The normalized spacial score (nSPS) is 15.5. The van der Waals surface area contributed by atoms with Crippen molar-refractivity contribution in [3.05, 3.63) is 153 Å². The molecule has 2 aliphatic rings. The third-order valence-corrected chi connectivity index (χ3v) is 14.6. The van der Waals surface area contributed by atoms with Gasteiger partial charge in [-0.15, -0.1) is 0 Å². The summed E-state index contributed by atoms with van der Waals surface area (Å²) in [5.41, 5.74) is 7.43. The van der Waals surface area contributed by atoms with Crippen molar-refractivity contribution in [1.82, 2.24) is 0 Å². The minimum atomic E-state index is -4.12. The number of carbonyl (C=O) groups excluding carboxylic acids is 2. The van der Waals surface area contributed by atoms with Gasteiger partial charge in [-0.1, -0.05) is 65.6 Å². The van der Waals surface area contributed by atoms with Gasteiger partial charge in [0, 0.05) is 41.4 Å². The summed E-state index contributed by atoms with van der Waals surface area (Å²) in [6.07, 6.45) is 11.2. The van der Waals surface area contributed by atoms with Crippen LogP contribution in [0.4, 0.5) is 17.1 Å². The van der Waals surface area contributed by atoms with E-state index in [2.05, 4.69) is 62.9 Å². The Morgan fingerprint density at radius 3 is 1.98 bits per heavy atom. The predicted octanol–water partition coefficient (Wildman–Crippen LogP) is 9.38. The third-order valence-electron chi connectivity index (χ3n) is 10.7. The molecule has 5 aromatic rings. The minimum absolute atomic E-state index is 0.253. The van der Waals surface area contributed by atoms with Crippen LogP contribution in [-0.4, -0.2) is 70.1 Å². The Bertz CT molecular complexity index is 2850. The van der Waals surface area contributed by atoms with Crippen LogP contribution in [0.15, 0.2) is 142 Å². The zero-order chi connectivity index (χ0) is 45.4. The number of benzene rings is 4. The Balaban J connectivity index is 1.33. The van der Waals surface area contributed by atoms with Gasteiger partial charge in [-0.2, -0.15) is 21.4 Å². The SMILES string of the molecule is COC(=O)c1ccc2c(c1)N(CCCCS(=O)(=O)O)/C(=C/C=C1\CCC(/C=C/c3sc4ccc(C(=O)OC)cc4[n+]3CCCCS(=O)(=O)O)=C1N(c1ccccc1)c1ccccc1)S2. The Labute approximate surface area is 381 Å². The molecule has 7 rings (SSSR count). The van der Waals surface area contributed by atoms with E-state index in [9.17, 15) is 35.5 Å². The molecule has 0 atom stereocenters. The molecule has 17 heteroatoms. The maximum Gasteiger partial charge on any atom is 0.338 e. The number of thioether (sulfide) groups is 1. The lowest BCUT2D eigenvalue weighted by atomic mass is 10.1. The summed E-state index contributed by atoms with van der Waals surface area (Å²) in [6, 6.07) is 31.0. The first-order chi connectivity index (χ1) is 30.7. The fourth-order valence-electron chi connectivity index (χ4n) is 7.74. The first kappa shape index (κ1) is 46.4. The fourth-order valence-corrected chi connectivity index (χ4v) is 11.0.